The van der Waals surface area contributed by atoms with E-state index in [-0.39, 0.29) is 0 Å². The SMILES string of the molecule is C=C(NC1CCCCC1)N(C(=C)N1CCCC1)C1CCCCC1. The smallest absolute Gasteiger partial charge is 0.102 e. The van der Waals surface area contributed by atoms with E-state index in [1.165, 1.54) is 96.0 Å². The lowest BCUT2D eigenvalue weighted by molar-refractivity contribution is 0.170. The molecule has 0 amide bonds. The molecule has 1 heterocycles. The second-order valence-electron chi connectivity index (χ2n) is 7.70. The van der Waals surface area contributed by atoms with E-state index in [1.807, 2.05) is 0 Å². The molecule has 0 aromatic heterocycles. The van der Waals surface area contributed by atoms with Crippen LogP contribution in [0, 0.1) is 0 Å². The lowest BCUT2D eigenvalue weighted by atomic mass is 9.93. The van der Waals surface area contributed by atoms with Crippen molar-refractivity contribution in [1.29, 1.82) is 0 Å². The van der Waals surface area contributed by atoms with Gasteiger partial charge in [0.25, 0.3) is 0 Å². The van der Waals surface area contributed by atoms with E-state index in [2.05, 4.69) is 28.3 Å². The second kappa shape index (κ2) is 8.12. The Morgan fingerprint density at radius 1 is 0.783 bits per heavy atom. The van der Waals surface area contributed by atoms with Crippen LogP contribution in [0.3, 0.4) is 0 Å². The Labute approximate surface area is 142 Å². The summed E-state index contributed by atoms with van der Waals surface area (Å²) in [5.41, 5.74) is 0. The van der Waals surface area contributed by atoms with Crippen molar-refractivity contribution >= 4 is 0 Å². The first-order chi connectivity index (χ1) is 11.3. The topological polar surface area (TPSA) is 18.5 Å². The van der Waals surface area contributed by atoms with Gasteiger partial charge >= 0.3 is 0 Å². The van der Waals surface area contributed by atoms with Crippen molar-refractivity contribution in [3.05, 3.63) is 24.8 Å². The van der Waals surface area contributed by atoms with Crippen molar-refractivity contribution in [3.63, 3.8) is 0 Å². The van der Waals surface area contributed by atoms with Crippen LogP contribution in [0.4, 0.5) is 0 Å². The van der Waals surface area contributed by atoms with Crippen LogP contribution in [0.5, 0.6) is 0 Å². The molecule has 2 saturated carbocycles. The average Bonchev–Trinajstić information content (AvgIpc) is 3.11. The maximum absolute atomic E-state index is 4.48. The van der Waals surface area contributed by atoms with Crippen molar-refractivity contribution in [1.82, 2.24) is 15.1 Å². The number of hydrogen-bond donors (Lipinski definition) is 1. The van der Waals surface area contributed by atoms with E-state index in [0.29, 0.717) is 12.1 Å². The Hall–Kier alpha value is -1.12. The van der Waals surface area contributed by atoms with Gasteiger partial charge in [-0.3, -0.25) is 0 Å². The van der Waals surface area contributed by atoms with Gasteiger partial charge in [-0.15, -0.1) is 0 Å². The van der Waals surface area contributed by atoms with Crippen LogP contribution in [0.1, 0.15) is 77.0 Å². The highest BCUT2D eigenvalue weighted by Gasteiger charge is 2.29. The molecule has 3 fully saturated rings. The molecule has 0 radical (unpaired) electrons. The molecule has 0 atom stereocenters. The lowest BCUT2D eigenvalue weighted by Crippen LogP contribution is -2.46. The molecule has 1 saturated heterocycles. The standard InChI is InChI=1S/C20H35N3/c1-17(21-19-11-5-3-6-12-19)23(20-13-7-4-8-14-20)18(2)22-15-9-10-16-22/h19-21H,1-16H2. The third-order valence-corrected chi connectivity index (χ3v) is 5.96. The van der Waals surface area contributed by atoms with Gasteiger partial charge in [0.1, 0.15) is 5.82 Å². The van der Waals surface area contributed by atoms with Crippen LogP contribution < -0.4 is 5.32 Å². The van der Waals surface area contributed by atoms with E-state index in [0.717, 1.165) is 5.82 Å². The molecular weight excluding hydrogens is 282 g/mol. The monoisotopic (exact) mass is 317 g/mol. The van der Waals surface area contributed by atoms with Crippen LogP contribution in [-0.2, 0) is 0 Å². The van der Waals surface area contributed by atoms with Crippen LogP contribution in [-0.4, -0.2) is 35.0 Å². The van der Waals surface area contributed by atoms with Gasteiger partial charge in [-0.25, -0.2) is 0 Å². The first kappa shape index (κ1) is 16.7. The summed E-state index contributed by atoms with van der Waals surface area (Å²) in [7, 11) is 0. The Kier molecular flexibility index (Phi) is 5.91. The van der Waals surface area contributed by atoms with Crippen LogP contribution in [0.15, 0.2) is 24.8 Å². The molecule has 130 valence electrons. The van der Waals surface area contributed by atoms with Gasteiger partial charge in [0.15, 0.2) is 0 Å². The normalized spacial score (nSPS) is 23.7. The molecule has 3 rings (SSSR count). The van der Waals surface area contributed by atoms with Gasteiger partial charge in [-0.05, 0) is 38.5 Å². The van der Waals surface area contributed by atoms with Crippen molar-refractivity contribution in [3.8, 4) is 0 Å². The van der Waals surface area contributed by atoms with Gasteiger partial charge in [-0.2, -0.15) is 0 Å². The molecule has 3 aliphatic rings. The molecule has 0 aromatic rings. The lowest BCUT2D eigenvalue weighted by Gasteiger charge is -2.42. The summed E-state index contributed by atoms with van der Waals surface area (Å²) in [6.45, 7) is 11.3. The minimum Gasteiger partial charge on any atom is -0.369 e. The van der Waals surface area contributed by atoms with E-state index in [9.17, 15) is 0 Å². The van der Waals surface area contributed by atoms with Crippen LogP contribution in [0.2, 0.25) is 0 Å². The molecule has 23 heavy (non-hydrogen) atoms. The quantitative estimate of drug-likeness (QED) is 0.773. The highest BCUT2D eigenvalue weighted by atomic mass is 15.4. The zero-order chi connectivity index (χ0) is 16.1. The van der Waals surface area contributed by atoms with Crippen molar-refractivity contribution in [2.75, 3.05) is 13.1 Å². The fraction of sp³-hybridized carbons (Fsp3) is 0.800. The first-order valence-corrected chi connectivity index (χ1v) is 9.94. The summed E-state index contributed by atoms with van der Waals surface area (Å²) < 4.78 is 0. The predicted octanol–water partition coefficient (Wildman–Crippen LogP) is 4.58. The summed E-state index contributed by atoms with van der Waals surface area (Å²) in [5, 5.41) is 3.76. The highest BCUT2D eigenvalue weighted by Crippen LogP contribution is 2.30. The van der Waals surface area contributed by atoms with E-state index < -0.39 is 0 Å². The fourth-order valence-corrected chi connectivity index (χ4v) is 4.61. The van der Waals surface area contributed by atoms with Crippen molar-refractivity contribution in [2.24, 2.45) is 0 Å². The summed E-state index contributed by atoms with van der Waals surface area (Å²) in [6, 6.07) is 1.22. The summed E-state index contributed by atoms with van der Waals surface area (Å²) >= 11 is 0. The van der Waals surface area contributed by atoms with Crippen LogP contribution in [0.25, 0.3) is 0 Å². The van der Waals surface area contributed by atoms with Crippen molar-refractivity contribution < 1.29 is 0 Å². The van der Waals surface area contributed by atoms with Crippen LogP contribution >= 0.6 is 0 Å². The fourth-order valence-electron chi connectivity index (χ4n) is 4.61. The van der Waals surface area contributed by atoms with E-state index in [4.69, 9.17) is 0 Å². The van der Waals surface area contributed by atoms with Gasteiger partial charge < -0.3 is 15.1 Å². The molecule has 1 aliphatic heterocycles. The molecule has 0 aromatic carbocycles. The maximum Gasteiger partial charge on any atom is 0.102 e. The summed E-state index contributed by atoms with van der Waals surface area (Å²) in [5.74, 6) is 2.31. The predicted molar refractivity (Wildman–Crippen MR) is 97.8 cm³/mol. The minimum atomic E-state index is 0.598. The zero-order valence-electron chi connectivity index (χ0n) is 14.9. The zero-order valence-corrected chi connectivity index (χ0v) is 14.9. The Balaban J connectivity index is 1.67. The number of likely N-dealkylation sites (tertiary alicyclic amines) is 1. The molecule has 1 N–H and O–H groups in total. The van der Waals surface area contributed by atoms with Gasteiger partial charge in [0.05, 0.1) is 5.82 Å². The average molecular weight is 318 g/mol. The molecule has 2 aliphatic carbocycles. The Morgan fingerprint density at radius 3 is 1.96 bits per heavy atom. The summed E-state index contributed by atoms with van der Waals surface area (Å²) in [6.07, 6.45) is 16.0. The van der Waals surface area contributed by atoms with Crippen molar-refractivity contribution in [2.45, 2.75) is 89.1 Å². The number of hydrogen-bond acceptors (Lipinski definition) is 3. The van der Waals surface area contributed by atoms with Gasteiger partial charge in [0, 0.05) is 25.2 Å². The number of nitrogens with zero attached hydrogens (tertiary/aromatic N) is 2. The molecule has 0 bridgehead atoms. The Morgan fingerprint density at radius 2 is 1.35 bits per heavy atom. The van der Waals surface area contributed by atoms with Gasteiger partial charge in [0.2, 0.25) is 0 Å². The van der Waals surface area contributed by atoms with Gasteiger partial charge in [-0.1, -0.05) is 51.7 Å². The van der Waals surface area contributed by atoms with E-state index in [1.54, 1.807) is 0 Å². The third kappa shape index (κ3) is 4.24. The minimum absolute atomic E-state index is 0.598. The first-order valence-electron chi connectivity index (χ1n) is 9.94. The number of nitrogens with one attached hydrogen (secondary N) is 1. The van der Waals surface area contributed by atoms with E-state index >= 15 is 0 Å². The second-order valence-corrected chi connectivity index (χ2v) is 7.70. The largest absolute Gasteiger partial charge is 0.369 e. The summed E-state index contributed by atoms with van der Waals surface area (Å²) in [4.78, 5) is 4.95. The Bertz CT molecular complexity index is 399. The molecular formula is C20H35N3. The molecule has 0 unspecified atom stereocenters. The highest BCUT2D eigenvalue weighted by molar-refractivity contribution is 5.10. The number of rotatable bonds is 6. The maximum atomic E-state index is 4.48. The molecule has 3 heteroatoms. The third-order valence-electron chi connectivity index (χ3n) is 5.96. The molecule has 0 spiro atoms. The molecule has 3 nitrogen and oxygen atoms in total.